The Morgan fingerprint density at radius 3 is 2.83 bits per heavy atom. The van der Waals surface area contributed by atoms with Crippen molar-refractivity contribution in [3.8, 4) is 0 Å². The van der Waals surface area contributed by atoms with E-state index in [4.69, 9.17) is 11.5 Å². The fourth-order valence-electron chi connectivity index (χ4n) is 1.58. The van der Waals surface area contributed by atoms with Gasteiger partial charge >= 0.3 is 0 Å². The zero-order valence-electron chi connectivity index (χ0n) is 6.94. The Balaban J connectivity index is 1.99. The molecule has 1 aromatic rings. The number of nitrogens with zero attached hydrogens (tertiary/aromatic N) is 2. The van der Waals surface area contributed by atoms with Crippen molar-refractivity contribution in [2.75, 3.05) is 13.1 Å². The number of aromatic nitrogens is 1. The summed E-state index contributed by atoms with van der Waals surface area (Å²) in [6.45, 7) is 1.88. The highest BCUT2D eigenvalue weighted by Gasteiger charge is 2.21. The van der Waals surface area contributed by atoms with Gasteiger partial charge in [-0.05, 0) is 25.9 Å². The van der Waals surface area contributed by atoms with Crippen LogP contribution in [-0.4, -0.2) is 23.0 Å². The summed E-state index contributed by atoms with van der Waals surface area (Å²) in [6, 6.07) is 0. The molecule has 3 nitrogen and oxygen atoms in total. The molecule has 3 heteroatoms. The third-order valence-electron chi connectivity index (χ3n) is 2.33. The van der Waals surface area contributed by atoms with Crippen molar-refractivity contribution in [3.63, 3.8) is 0 Å². The van der Waals surface area contributed by atoms with Crippen LogP contribution in [0.1, 0.15) is 24.7 Å². The molecule has 2 heterocycles. The molecule has 0 spiro atoms. The van der Waals surface area contributed by atoms with Gasteiger partial charge in [0.25, 0.3) is 0 Å². The third kappa shape index (κ3) is 1.50. The maximum absolute atomic E-state index is 5.63. The monoisotopic (exact) mass is 164 g/mol. The van der Waals surface area contributed by atoms with E-state index >= 15 is 0 Å². The first-order chi connectivity index (χ1) is 5.86. The number of rotatable bonds is 1. The van der Waals surface area contributed by atoms with E-state index in [2.05, 4.69) is 4.98 Å². The summed E-state index contributed by atoms with van der Waals surface area (Å²) in [5.41, 5.74) is 0. The van der Waals surface area contributed by atoms with Crippen molar-refractivity contribution in [2.24, 2.45) is 0 Å². The molecule has 0 bridgehead atoms. The summed E-state index contributed by atoms with van der Waals surface area (Å²) < 4.78 is 5.24. The summed E-state index contributed by atoms with van der Waals surface area (Å²) in [7, 11) is 5.63. The van der Waals surface area contributed by atoms with Crippen molar-refractivity contribution in [1.82, 2.24) is 9.88 Å². The molecule has 0 aromatic carbocycles. The quantitative estimate of drug-likeness (QED) is 0.630. The first-order valence-corrected chi connectivity index (χ1v) is 4.25. The third-order valence-corrected chi connectivity index (χ3v) is 2.33. The van der Waals surface area contributed by atoms with E-state index in [1.165, 1.54) is 0 Å². The minimum Gasteiger partial charge on any atom is -0.449 e. The van der Waals surface area contributed by atoms with Crippen LogP contribution < -0.4 is 0 Å². The largest absolute Gasteiger partial charge is 0.449 e. The molecule has 12 heavy (non-hydrogen) atoms. The molecule has 0 unspecified atom stereocenters. The van der Waals surface area contributed by atoms with Crippen LogP contribution >= 0.6 is 0 Å². The highest BCUT2D eigenvalue weighted by Crippen LogP contribution is 2.25. The zero-order chi connectivity index (χ0) is 8.39. The van der Waals surface area contributed by atoms with E-state index in [0.717, 1.165) is 31.8 Å². The molecule has 1 aliphatic heterocycles. The lowest BCUT2D eigenvalue weighted by molar-refractivity contribution is 0.258. The van der Waals surface area contributed by atoms with Gasteiger partial charge in [-0.1, -0.05) is 0 Å². The summed E-state index contributed by atoms with van der Waals surface area (Å²) in [6.07, 6.45) is 5.43. The molecule has 1 aromatic heterocycles. The van der Waals surface area contributed by atoms with Gasteiger partial charge < -0.3 is 4.42 Å². The van der Waals surface area contributed by atoms with Crippen LogP contribution in [-0.2, 0) is 0 Å². The summed E-state index contributed by atoms with van der Waals surface area (Å²) in [5, 5.41) is 0. The topological polar surface area (TPSA) is 29.3 Å². The van der Waals surface area contributed by atoms with E-state index in [1.807, 2.05) is 4.90 Å². The predicted molar refractivity (Wildman–Crippen MR) is 44.4 cm³/mol. The van der Waals surface area contributed by atoms with Crippen molar-refractivity contribution in [2.45, 2.75) is 18.8 Å². The van der Waals surface area contributed by atoms with E-state index < -0.39 is 0 Å². The minimum atomic E-state index is 0.472. The molecule has 1 aliphatic rings. The molecule has 0 N–H and O–H groups in total. The van der Waals surface area contributed by atoms with Gasteiger partial charge in [0.1, 0.15) is 6.26 Å². The summed E-state index contributed by atoms with van der Waals surface area (Å²) >= 11 is 0. The fraction of sp³-hybridized carbons (Fsp3) is 0.556. The predicted octanol–water partition coefficient (Wildman–Crippen LogP) is 1.52. The molecule has 2 rings (SSSR count). The first kappa shape index (κ1) is 7.80. The Morgan fingerprint density at radius 2 is 2.25 bits per heavy atom. The summed E-state index contributed by atoms with van der Waals surface area (Å²) in [5.74, 6) is 1.34. The summed E-state index contributed by atoms with van der Waals surface area (Å²) in [4.78, 5) is 5.99. The molecule has 1 fully saturated rings. The van der Waals surface area contributed by atoms with Crippen LogP contribution in [0.2, 0.25) is 0 Å². The second kappa shape index (κ2) is 3.27. The Bertz CT molecular complexity index is 225. The van der Waals surface area contributed by atoms with E-state index in [1.54, 1.807) is 12.5 Å². The van der Waals surface area contributed by atoms with Crippen LogP contribution in [0.15, 0.2) is 16.9 Å². The number of likely N-dealkylation sites (tertiary alicyclic amines) is 1. The van der Waals surface area contributed by atoms with Gasteiger partial charge in [0, 0.05) is 13.0 Å². The average Bonchev–Trinajstić information content (AvgIpc) is 2.58. The van der Waals surface area contributed by atoms with Crippen molar-refractivity contribution in [1.29, 1.82) is 0 Å². The molecule has 0 aliphatic carbocycles. The lowest BCUT2D eigenvalue weighted by atomic mass is 9.97. The molecule has 1 saturated heterocycles. The number of piperidine rings is 1. The van der Waals surface area contributed by atoms with Gasteiger partial charge in [0.05, 0.1) is 6.20 Å². The first-order valence-electron chi connectivity index (χ1n) is 4.25. The van der Waals surface area contributed by atoms with Gasteiger partial charge in [-0.15, -0.1) is 0 Å². The normalized spacial score (nSPS) is 21.4. The minimum absolute atomic E-state index is 0.472. The standard InChI is InChI=1S/C9H12N2O/c1-11-5-2-8(3-6-11)9-10-4-7-12-9/h1,4,7-8H,2-3,5-6H2. The number of hydrogen-bond acceptors (Lipinski definition) is 3. The van der Waals surface area contributed by atoms with Gasteiger partial charge in [-0.2, -0.15) is 0 Å². The Morgan fingerprint density at radius 1 is 1.50 bits per heavy atom. The number of oxazole rings is 1. The molecule has 0 saturated carbocycles. The van der Waals surface area contributed by atoms with Crippen molar-refractivity contribution < 1.29 is 4.42 Å². The van der Waals surface area contributed by atoms with Crippen molar-refractivity contribution >= 4 is 0 Å². The van der Waals surface area contributed by atoms with Crippen LogP contribution in [0.3, 0.4) is 0 Å². The van der Waals surface area contributed by atoms with Gasteiger partial charge in [-0.3, -0.25) is 4.90 Å². The second-order valence-corrected chi connectivity index (χ2v) is 3.18. The Kier molecular flexibility index (Phi) is 2.13. The smallest absolute Gasteiger partial charge is 0.197 e. The molecular weight excluding hydrogens is 152 g/mol. The Labute approximate surface area is 72.4 Å². The highest BCUT2D eigenvalue weighted by molar-refractivity contribution is 4.94. The lowest BCUT2D eigenvalue weighted by Gasteiger charge is -2.26. The van der Waals surface area contributed by atoms with Gasteiger partial charge in [-0.25, -0.2) is 4.98 Å². The second-order valence-electron chi connectivity index (χ2n) is 3.18. The van der Waals surface area contributed by atoms with E-state index in [0.29, 0.717) is 5.92 Å². The Hall–Kier alpha value is -0.830. The van der Waals surface area contributed by atoms with Gasteiger partial charge in [0.15, 0.2) is 5.89 Å². The molecule has 0 atom stereocenters. The SMILES string of the molecule is [CH]N1CCC(c2ncco2)CC1. The van der Waals surface area contributed by atoms with E-state index in [9.17, 15) is 0 Å². The van der Waals surface area contributed by atoms with Crippen LogP contribution in [0.4, 0.5) is 0 Å². The molecule has 0 amide bonds. The van der Waals surface area contributed by atoms with Crippen LogP contribution in [0.25, 0.3) is 0 Å². The lowest BCUT2D eigenvalue weighted by Crippen LogP contribution is -2.27. The zero-order valence-corrected chi connectivity index (χ0v) is 6.94. The van der Waals surface area contributed by atoms with Gasteiger partial charge in [0.2, 0.25) is 0 Å². The molecule has 2 radical (unpaired) electrons. The average molecular weight is 164 g/mol. The van der Waals surface area contributed by atoms with E-state index in [-0.39, 0.29) is 0 Å². The number of hydrogen-bond donors (Lipinski definition) is 0. The molecule has 64 valence electrons. The van der Waals surface area contributed by atoms with Crippen molar-refractivity contribution in [3.05, 3.63) is 25.4 Å². The maximum Gasteiger partial charge on any atom is 0.197 e. The highest BCUT2D eigenvalue weighted by atomic mass is 16.3. The maximum atomic E-state index is 5.63. The fourth-order valence-corrected chi connectivity index (χ4v) is 1.58. The van der Waals surface area contributed by atoms with Crippen LogP contribution in [0.5, 0.6) is 0 Å². The molecular formula is C9H12N2O. The van der Waals surface area contributed by atoms with Crippen LogP contribution in [0, 0.1) is 7.05 Å².